The molecule has 0 amide bonds. The molecule has 1 aliphatic rings. The van der Waals surface area contributed by atoms with Crippen molar-refractivity contribution < 1.29 is 14.3 Å². The van der Waals surface area contributed by atoms with Gasteiger partial charge in [0.05, 0.1) is 5.56 Å². The van der Waals surface area contributed by atoms with E-state index in [0.717, 1.165) is 42.4 Å². The lowest BCUT2D eigenvalue weighted by atomic mass is 9.94. The first-order valence-electron chi connectivity index (χ1n) is 5.54. The fourth-order valence-corrected chi connectivity index (χ4v) is 2.49. The van der Waals surface area contributed by atoms with E-state index in [0.29, 0.717) is 11.1 Å². The molecule has 3 rings (SSSR count). The Balaban J connectivity index is 2.36. The van der Waals surface area contributed by atoms with Crippen molar-refractivity contribution in [2.24, 2.45) is 0 Å². The van der Waals surface area contributed by atoms with E-state index in [9.17, 15) is 4.79 Å². The lowest BCUT2D eigenvalue weighted by molar-refractivity contribution is 0.0699. The number of aromatic carboxylic acids is 1. The topological polar surface area (TPSA) is 50.4 Å². The second-order valence-corrected chi connectivity index (χ2v) is 4.19. The molecule has 0 atom stereocenters. The lowest BCUT2D eigenvalue weighted by Gasteiger charge is -2.09. The second kappa shape index (κ2) is 3.37. The van der Waals surface area contributed by atoms with Crippen molar-refractivity contribution in [2.75, 3.05) is 0 Å². The van der Waals surface area contributed by atoms with Gasteiger partial charge in [-0.1, -0.05) is 6.07 Å². The van der Waals surface area contributed by atoms with Gasteiger partial charge in [0.25, 0.3) is 0 Å². The standard InChI is InChI=1S/C13H12O3/c14-13(15)9-5-3-7-11-12(9)8-4-1-2-6-10(8)16-11/h3,5,7H,1-2,4,6H2,(H,14,15). The monoisotopic (exact) mass is 216 g/mol. The van der Waals surface area contributed by atoms with Crippen LogP contribution in [0.15, 0.2) is 22.6 Å². The average Bonchev–Trinajstić information content (AvgIpc) is 2.66. The molecule has 16 heavy (non-hydrogen) atoms. The molecule has 0 aliphatic heterocycles. The number of hydrogen-bond acceptors (Lipinski definition) is 2. The highest BCUT2D eigenvalue weighted by Crippen LogP contribution is 2.33. The van der Waals surface area contributed by atoms with E-state index in [4.69, 9.17) is 9.52 Å². The molecular weight excluding hydrogens is 204 g/mol. The summed E-state index contributed by atoms with van der Waals surface area (Å²) in [6, 6.07) is 5.23. The van der Waals surface area contributed by atoms with Crippen LogP contribution in [-0.2, 0) is 12.8 Å². The molecule has 0 saturated heterocycles. The summed E-state index contributed by atoms with van der Waals surface area (Å²) < 4.78 is 5.72. The Morgan fingerprint density at radius 3 is 2.88 bits per heavy atom. The second-order valence-electron chi connectivity index (χ2n) is 4.19. The summed E-state index contributed by atoms with van der Waals surface area (Å²) in [5, 5.41) is 9.97. The Morgan fingerprint density at radius 2 is 2.06 bits per heavy atom. The molecule has 0 fully saturated rings. The summed E-state index contributed by atoms with van der Waals surface area (Å²) in [5.74, 6) is 0.106. The van der Waals surface area contributed by atoms with E-state index in [2.05, 4.69) is 0 Å². The van der Waals surface area contributed by atoms with Gasteiger partial charge in [-0.25, -0.2) is 4.79 Å². The number of rotatable bonds is 1. The first kappa shape index (κ1) is 9.46. The highest BCUT2D eigenvalue weighted by Gasteiger charge is 2.21. The number of carbonyl (C=O) groups is 1. The highest BCUT2D eigenvalue weighted by molar-refractivity contribution is 6.04. The van der Waals surface area contributed by atoms with Crippen LogP contribution in [0.3, 0.4) is 0 Å². The Bertz CT molecular complexity index is 566. The fourth-order valence-electron chi connectivity index (χ4n) is 2.49. The zero-order valence-corrected chi connectivity index (χ0v) is 8.82. The number of furan rings is 1. The van der Waals surface area contributed by atoms with Crippen LogP contribution in [0.5, 0.6) is 0 Å². The zero-order valence-electron chi connectivity index (χ0n) is 8.82. The molecule has 82 valence electrons. The molecule has 0 radical (unpaired) electrons. The maximum atomic E-state index is 11.2. The first-order valence-corrected chi connectivity index (χ1v) is 5.54. The molecule has 3 heteroatoms. The summed E-state index contributed by atoms with van der Waals surface area (Å²) in [6.07, 6.45) is 4.13. The number of benzene rings is 1. The molecule has 2 aromatic rings. The van der Waals surface area contributed by atoms with E-state index in [1.54, 1.807) is 12.1 Å². The van der Waals surface area contributed by atoms with Gasteiger partial charge in [-0.3, -0.25) is 0 Å². The highest BCUT2D eigenvalue weighted by atomic mass is 16.4. The normalized spacial score (nSPS) is 15.0. The van der Waals surface area contributed by atoms with Gasteiger partial charge in [-0.15, -0.1) is 0 Å². The van der Waals surface area contributed by atoms with Crippen molar-refractivity contribution in [1.82, 2.24) is 0 Å². The molecule has 0 unspecified atom stereocenters. The maximum Gasteiger partial charge on any atom is 0.336 e. The molecule has 1 aromatic heterocycles. The van der Waals surface area contributed by atoms with Crippen molar-refractivity contribution in [2.45, 2.75) is 25.7 Å². The van der Waals surface area contributed by atoms with Crippen molar-refractivity contribution in [1.29, 1.82) is 0 Å². The van der Waals surface area contributed by atoms with Crippen molar-refractivity contribution in [3.8, 4) is 0 Å². The van der Waals surface area contributed by atoms with E-state index in [1.807, 2.05) is 6.07 Å². The first-order chi connectivity index (χ1) is 7.77. The lowest BCUT2D eigenvalue weighted by Crippen LogP contribution is -2.02. The van der Waals surface area contributed by atoms with E-state index >= 15 is 0 Å². The van der Waals surface area contributed by atoms with Crippen molar-refractivity contribution >= 4 is 16.9 Å². The predicted octanol–water partition coefficient (Wildman–Crippen LogP) is 3.01. The number of carboxylic acids is 1. The molecular formula is C13H12O3. The predicted molar refractivity (Wildman–Crippen MR) is 59.8 cm³/mol. The summed E-state index contributed by atoms with van der Waals surface area (Å²) >= 11 is 0. The Morgan fingerprint density at radius 1 is 1.25 bits per heavy atom. The Labute approximate surface area is 92.7 Å². The van der Waals surface area contributed by atoms with Gasteiger partial charge in [0.2, 0.25) is 0 Å². The fraction of sp³-hybridized carbons (Fsp3) is 0.308. The van der Waals surface area contributed by atoms with Gasteiger partial charge < -0.3 is 9.52 Å². The van der Waals surface area contributed by atoms with Gasteiger partial charge >= 0.3 is 5.97 Å². The zero-order chi connectivity index (χ0) is 11.1. The largest absolute Gasteiger partial charge is 0.478 e. The van der Waals surface area contributed by atoms with Gasteiger partial charge in [-0.2, -0.15) is 0 Å². The molecule has 1 heterocycles. The van der Waals surface area contributed by atoms with Gasteiger partial charge in [-0.05, 0) is 31.4 Å². The van der Waals surface area contributed by atoms with Gasteiger partial charge in [0.1, 0.15) is 11.3 Å². The van der Waals surface area contributed by atoms with E-state index in [-0.39, 0.29) is 0 Å². The number of fused-ring (bicyclic) bond motifs is 3. The van der Waals surface area contributed by atoms with Crippen molar-refractivity contribution in [3.05, 3.63) is 35.1 Å². The minimum absolute atomic E-state index is 0.365. The molecule has 1 N–H and O–H groups in total. The number of carboxylic acid groups (broad SMARTS) is 1. The Hall–Kier alpha value is -1.77. The maximum absolute atomic E-state index is 11.2. The van der Waals surface area contributed by atoms with Crippen LogP contribution < -0.4 is 0 Å². The van der Waals surface area contributed by atoms with Crippen molar-refractivity contribution in [3.63, 3.8) is 0 Å². The molecule has 0 spiro atoms. The molecule has 1 aromatic carbocycles. The summed E-state index contributed by atoms with van der Waals surface area (Å²) in [7, 11) is 0. The third-order valence-electron chi connectivity index (χ3n) is 3.21. The minimum atomic E-state index is -0.875. The van der Waals surface area contributed by atoms with E-state index < -0.39 is 5.97 Å². The quantitative estimate of drug-likeness (QED) is 0.797. The van der Waals surface area contributed by atoms with Crippen LogP contribution in [0, 0.1) is 0 Å². The van der Waals surface area contributed by atoms with Crippen LogP contribution in [0.4, 0.5) is 0 Å². The SMILES string of the molecule is O=C(O)c1cccc2oc3c(c12)CCCC3. The molecule has 3 nitrogen and oxygen atoms in total. The Kier molecular flexibility index (Phi) is 1.99. The minimum Gasteiger partial charge on any atom is -0.478 e. The third-order valence-corrected chi connectivity index (χ3v) is 3.21. The van der Waals surface area contributed by atoms with Crippen LogP contribution >= 0.6 is 0 Å². The molecule has 0 bridgehead atoms. The van der Waals surface area contributed by atoms with Gasteiger partial charge in [0, 0.05) is 17.4 Å². The van der Waals surface area contributed by atoms with Crippen LogP contribution in [0.2, 0.25) is 0 Å². The smallest absolute Gasteiger partial charge is 0.336 e. The van der Waals surface area contributed by atoms with Gasteiger partial charge in [0.15, 0.2) is 0 Å². The van der Waals surface area contributed by atoms with Crippen LogP contribution in [0.1, 0.15) is 34.5 Å². The summed E-state index contributed by atoms with van der Waals surface area (Å²) in [4.78, 5) is 11.2. The van der Waals surface area contributed by atoms with Crippen LogP contribution in [0.25, 0.3) is 11.0 Å². The third kappa shape index (κ3) is 1.24. The summed E-state index contributed by atoms with van der Waals surface area (Å²) in [6.45, 7) is 0. The summed E-state index contributed by atoms with van der Waals surface area (Å²) in [5.41, 5.74) is 2.19. The number of aryl methyl sites for hydroxylation is 2. The van der Waals surface area contributed by atoms with E-state index in [1.165, 1.54) is 0 Å². The molecule has 0 saturated carbocycles. The van der Waals surface area contributed by atoms with Crippen LogP contribution in [-0.4, -0.2) is 11.1 Å². The number of hydrogen-bond donors (Lipinski definition) is 1. The molecule has 1 aliphatic carbocycles. The average molecular weight is 216 g/mol.